The fraction of sp³-hybridized carbons (Fsp3) is 0.761. The second-order valence-electron chi connectivity index (χ2n) is 23.6. The summed E-state index contributed by atoms with van der Waals surface area (Å²) in [7, 11) is 0. The van der Waals surface area contributed by atoms with E-state index in [1.807, 2.05) is 6.08 Å². The van der Waals surface area contributed by atoms with Gasteiger partial charge in [-0.3, -0.25) is 4.79 Å². The van der Waals surface area contributed by atoms with Crippen LogP contribution in [0.25, 0.3) is 0 Å². The molecule has 2 aliphatic rings. The summed E-state index contributed by atoms with van der Waals surface area (Å²) in [5.74, 6) is -0.254. The Labute approximate surface area is 515 Å². The van der Waals surface area contributed by atoms with Crippen LogP contribution < -0.4 is 5.32 Å². The maximum absolute atomic E-state index is 13.3. The molecule has 0 spiro atoms. The average Bonchev–Trinajstić information content (AvgIpc) is 3.68. The molecule has 0 aromatic rings. The van der Waals surface area contributed by atoms with Crippen molar-refractivity contribution in [3.8, 4) is 0 Å². The van der Waals surface area contributed by atoms with E-state index in [1.54, 1.807) is 6.08 Å². The van der Waals surface area contributed by atoms with Crippen molar-refractivity contribution in [3.63, 3.8) is 0 Å². The average molecular weight is 1200 g/mol. The molecule has 9 N–H and O–H groups in total. The number of rotatable bonds is 54. The Morgan fingerprint density at radius 3 is 1.29 bits per heavy atom. The normalized spacial score (nSPS) is 24.2. The summed E-state index contributed by atoms with van der Waals surface area (Å²) in [4.78, 5) is 13.3. The summed E-state index contributed by atoms with van der Waals surface area (Å²) in [5.41, 5.74) is 0. The molecule has 0 aromatic carbocycles. The van der Waals surface area contributed by atoms with Crippen molar-refractivity contribution >= 4 is 5.91 Å². The van der Waals surface area contributed by atoms with E-state index < -0.39 is 86.8 Å². The van der Waals surface area contributed by atoms with Crippen molar-refractivity contribution in [3.05, 3.63) is 97.2 Å². The van der Waals surface area contributed by atoms with Crippen LogP contribution in [0.15, 0.2) is 97.2 Å². The quantitative estimate of drug-likeness (QED) is 0.0204. The Morgan fingerprint density at radius 2 is 0.824 bits per heavy atom. The second kappa shape index (κ2) is 55.0. The van der Waals surface area contributed by atoms with Gasteiger partial charge < -0.3 is 65.1 Å². The molecule has 12 atom stereocenters. The minimum Gasteiger partial charge on any atom is -0.394 e. The third-order valence-corrected chi connectivity index (χ3v) is 16.0. The lowest BCUT2D eigenvalue weighted by Crippen LogP contribution is -2.65. The largest absolute Gasteiger partial charge is 0.394 e. The van der Waals surface area contributed by atoms with E-state index in [0.717, 1.165) is 77.0 Å². The number of unbranched alkanes of at least 4 members (excludes halogenated alkanes) is 27. The number of aliphatic hydroxyl groups excluding tert-OH is 8. The van der Waals surface area contributed by atoms with Gasteiger partial charge in [0.15, 0.2) is 12.6 Å². The highest BCUT2D eigenvalue weighted by Crippen LogP contribution is 2.30. The number of aliphatic hydroxyl groups is 8. The monoisotopic (exact) mass is 1200 g/mol. The summed E-state index contributed by atoms with van der Waals surface area (Å²) in [6, 6.07) is -0.939. The number of amides is 1. The first-order chi connectivity index (χ1) is 41.6. The Hall–Kier alpha value is -3.09. The van der Waals surface area contributed by atoms with E-state index in [0.29, 0.717) is 12.8 Å². The number of carbonyl (C=O) groups excluding carboxylic acids is 1. The molecule has 2 aliphatic heterocycles. The molecule has 0 bridgehead atoms. The van der Waals surface area contributed by atoms with Crippen LogP contribution in [0, 0.1) is 0 Å². The molecule has 85 heavy (non-hydrogen) atoms. The Kier molecular flexibility index (Phi) is 50.5. The predicted octanol–water partition coefficient (Wildman–Crippen LogP) is 13.4. The second-order valence-corrected chi connectivity index (χ2v) is 23.6. The highest BCUT2D eigenvalue weighted by Gasteiger charge is 2.51. The minimum atomic E-state index is -1.80. The number of ether oxygens (including phenoxy) is 4. The Balaban J connectivity index is 1.70. The van der Waals surface area contributed by atoms with Gasteiger partial charge in [-0.05, 0) is 83.5 Å². The van der Waals surface area contributed by atoms with E-state index in [2.05, 4.69) is 104 Å². The van der Waals surface area contributed by atoms with E-state index in [-0.39, 0.29) is 18.9 Å². The van der Waals surface area contributed by atoms with Crippen molar-refractivity contribution in [1.82, 2.24) is 5.32 Å². The fourth-order valence-corrected chi connectivity index (χ4v) is 10.6. The molecule has 2 saturated heterocycles. The van der Waals surface area contributed by atoms with Gasteiger partial charge in [0.25, 0.3) is 0 Å². The first-order valence-corrected chi connectivity index (χ1v) is 34.0. The first-order valence-electron chi connectivity index (χ1n) is 34.0. The highest BCUT2D eigenvalue weighted by atomic mass is 16.7. The highest BCUT2D eigenvalue weighted by molar-refractivity contribution is 5.76. The van der Waals surface area contributed by atoms with Gasteiger partial charge in [-0.25, -0.2) is 0 Å². The third-order valence-electron chi connectivity index (χ3n) is 16.0. The SMILES string of the molecule is CC/C=C\C/C=C\C/C=C\C/C=C\C/C=C\C/C=C\CCCCCCCCCCCCCCC(=O)NC(COC1OC(CO)C(OC2OC(CO)C(O)C(O)C2O)C(O)C1O)C(O)/C=C/CC/C=C/CCCCCCCCCCCCCCCC. The lowest BCUT2D eigenvalue weighted by atomic mass is 9.97. The molecule has 2 fully saturated rings. The molecule has 12 unspecified atom stereocenters. The lowest BCUT2D eigenvalue weighted by Gasteiger charge is -2.46. The van der Waals surface area contributed by atoms with Gasteiger partial charge in [0.2, 0.25) is 5.91 Å². The molecule has 490 valence electrons. The number of carbonyl (C=O) groups is 1. The van der Waals surface area contributed by atoms with Crippen LogP contribution in [-0.4, -0.2) is 140 Å². The van der Waals surface area contributed by atoms with Gasteiger partial charge in [-0.1, -0.05) is 259 Å². The summed E-state index contributed by atoms with van der Waals surface area (Å²) in [5, 5.41) is 87.3. The van der Waals surface area contributed by atoms with Crippen molar-refractivity contribution < 1.29 is 64.6 Å². The van der Waals surface area contributed by atoms with Gasteiger partial charge in [0.1, 0.15) is 48.8 Å². The maximum atomic E-state index is 13.3. The molecular formula is C71H123NO13. The third kappa shape index (κ3) is 39.5. The van der Waals surface area contributed by atoms with E-state index in [4.69, 9.17) is 18.9 Å². The standard InChI is InChI=1S/C71H123NO13/c1-3-5-7-9-11-13-15-17-19-21-23-25-26-27-28-29-30-31-32-33-34-35-37-39-41-43-45-47-49-51-53-55-63(76)72-59(60(75)54-52-50-48-46-44-42-40-38-36-24-22-20-18-16-14-12-10-8-6-4-2)58-82-70-68(81)66(79)69(62(57-74)84-70)85-71-67(80)65(78)64(77)61(56-73)83-71/h5,7,11,13,17,19,23,25,27-28,30-31,44,46,52,54,59-62,64-71,73-75,77-81H,3-4,6,8-10,12,14-16,18,20-22,24,26,29,32-43,45,47-51,53,55-58H2,1-2H3,(H,72,76)/b7-5-,13-11-,19-17-,25-23-,28-27-,31-30-,46-44+,54-52+. The van der Waals surface area contributed by atoms with E-state index >= 15 is 0 Å². The molecule has 1 amide bonds. The van der Waals surface area contributed by atoms with Crippen molar-refractivity contribution in [2.45, 2.75) is 325 Å². The topological polar surface area (TPSA) is 228 Å². The van der Waals surface area contributed by atoms with Crippen LogP contribution in [-0.2, 0) is 23.7 Å². The summed E-state index contributed by atoms with van der Waals surface area (Å²) < 4.78 is 22.8. The Morgan fingerprint density at radius 1 is 0.435 bits per heavy atom. The maximum Gasteiger partial charge on any atom is 0.220 e. The zero-order valence-electron chi connectivity index (χ0n) is 53.1. The van der Waals surface area contributed by atoms with E-state index in [1.165, 1.54) is 141 Å². The van der Waals surface area contributed by atoms with Crippen LogP contribution in [0.1, 0.15) is 251 Å². The van der Waals surface area contributed by atoms with Gasteiger partial charge in [-0.15, -0.1) is 0 Å². The molecular weight excluding hydrogens is 1070 g/mol. The van der Waals surface area contributed by atoms with Crippen LogP contribution >= 0.6 is 0 Å². The molecule has 2 rings (SSSR count). The molecule has 14 heteroatoms. The van der Waals surface area contributed by atoms with Crippen LogP contribution in [0.2, 0.25) is 0 Å². The lowest BCUT2D eigenvalue weighted by molar-refractivity contribution is -0.359. The molecule has 0 aliphatic carbocycles. The van der Waals surface area contributed by atoms with Gasteiger partial charge in [0.05, 0.1) is 32.0 Å². The zero-order chi connectivity index (χ0) is 61.6. The van der Waals surface area contributed by atoms with Crippen molar-refractivity contribution in [2.75, 3.05) is 19.8 Å². The van der Waals surface area contributed by atoms with Gasteiger partial charge in [-0.2, -0.15) is 0 Å². The number of hydrogen-bond acceptors (Lipinski definition) is 13. The van der Waals surface area contributed by atoms with Gasteiger partial charge >= 0.3 is 0 Å². The summed E-state index contributed by atoms with van der Waals surface area (Å²) >= 11 is 0. The molecule has 0 radical (unpaired) electrons. The molecule has 0 aromatic heterocycles. The molecule has 2 heterocycles. The van der Waals surface area contributed by atoms with E-state index in [9.17, 15) is 45.6 Å². The van der Waals surface area contributed by atoms with Crippen LogP contribution in [0.4, 0.5) is 0 Å². The van der Waals surface area contributed by atoms with Crippen molar-refractivity contribution in [1.29, 1.82) is 0 Å². The summed E-state index contributed by atoms with van der Waals surface area (Å²) in [6.45, 7) is 2.68. The van der Waals surface area contributed by atoms with Gasteiger partial charge in [0, 0.05) is 6.42 Å². The summed E-state index contributed by atoms with van der Waals surface area (Å²) in [6.07, 6.45) is 60.2. The zero-order valence-corrected chi connectivity index (χ0v) is 53.1. The van der Waals surface area contributed by atoms with Crippen LogP contribution in [0.5, 0.6) is 0 Å². The number of allylic oxidation sites excluding steroid dienone is 15. The predicted molar refractivity (Wildman–Crippen MR) is 346 cm³/mol. The molecule has 14 nitrogen and oxygen atoms in total. The van der Waals surface area contributed by atoms with Crippen molar-refractivity contribution in [2.24, 2.45) is 0 Å². The van der Waals surface area contributed by atoms with Crippen LogP contribution in [0.3, 0.4) is 0 Å². The first kappa shape index (κ1) is 78.0. The molecule has 0 saturated carbocycles. The smallest absolute Gasteiger partial charge is 0.220 e. The number of hydrogen-bond donors (Lipinski definition) is 9. The number of nitrogens with one attached hydrogen (secondary N) is 1. The fourth-order valence-electron chi connectivity index (χ4n) is 10.6. The minimum absolute atomic E-state index is 0.254. The Bertz CT molecular complexity index is 1800.